The summed E-state index contributed by atoms with van der Waals surface area (Å²) in [5.74, 6) is -5.39. The minimum absolute atomic E-state index is 0.679. The molecule has 0 unspecified atom stereocenters. The van der Waals surface area contributed by atoms with Crippen LogP contribution in [0.3, 0.4) is 0 Å². The third-order valence-corrected chi connectivity index (χ3v) is 1.58. The van der Waals surface area contributed by atoms with Gasteiger partial charge in [-0.25, -0.2) is 0 Å². The van der Waals surface area contributed by atoms with E-state index in [4.69, 9.17) is 21.1 Å². The normalized spacial score (nSPS) is 15.3. The van der Waals surface area contributed by atoms with E-state index in [9.17, 15) is 18.0 Å². The molecule has 0 aliphatic rings. The van der Waals surface area contributed by atoms with Crippen LogP contribution in [0.5, 0.6) is 0 Å². The second-order valence-electron chi connectivity index (χ2n) is 2.80. The molecule has 84 valence electrons. The van der Waals surface area contributed by atoms with Crippen molar-refractivity contribution >= 4 is 5.97 Å². The number of carboxylic acid groups (broad SMARTS) is 1. The molecule has 0 amide bonds. The molecule has 0 heterocycles. The zero-order chi connectivity index (χ0) is 11.6. The number of aliphatic hydroxyl groups is 2. The van der Waals surface area contributed by atoms with Crippen LogP contribution >= 0.6 is 0 Å². The molecule has 0 bridgehead atoms. The topological polar surface area (TPSA) is 104 Å². The quantitative estimate of drug-likeness (QED) is 0.472. The van der Waals surface area contributed by atoms with E-state index in [2.05, 4.69) is 0 Å². The zero-order valence-corrected chi connectivity index (χ0v) is 6.95. The Morgan fingerprint density at radius 1 is 1.36 bits per heavy atom. The van der Waals surface area contributed by atoms with E-state index < -0.39 is 36.8 Å². The number of rotatable bonds is 4. The summed E-state index contributed by atoms with van der Waals surface area (Å²) in [4.78, 5) is 10.1. The Morgan fingerprint density at radius 2 is 1.79 bits per heavy atom. The van der Waals surface area contributed by atoms with Crippen LogP contribution in [0.1, 0.15) is 12.8 Å². The first-order valence-electron chi connectivity index (χ1n) is 3.58. The van der Waals surface area contributed by atoms with Crippen molar-refractivity contribution in [3.63, 3.8) is 0 Å². The maximum atomic E-state index is 11.8. The molecule has 0 radical (unpaired) electrons. The number of nitrogens with two attached hydrogens (primary N) is 1. The first-order chi connectivity index (χ1) is 6.08. The lowest BCUT2D eigenvalue weighted by Gasteiger charge is -2.24. The predicted octanol–water partition coefficient (Wildman–Crippen LogP) is -0.578. The van der Waals surface area contributed by atoms with Gasteiger partial charge in [-0.15, -0.1) is 0 Å². The third kappa shape index (κ3) is 3.48. The van der Waals surface area contributed by atoms with Crippen LogP contribution in [0.2, 0.25) is 0 Å². The van der Waals surface area contributed by atoms with E-state index in [1.54, 1.807) is 0 Å². The van der Waals surface area contributed by atoms with Gasteiger partial charge in [-0.05, 0) is 6.42 Å². The van der Waals surface area contributed by atoms with Gasteiger partial charge in [0.2, 0.25) is 0 Å². The number of carboxylic acids is 1. The molecule has 8 heteroatoms. The number of hydrogen-bond donors (Lipinski definition) is 4. The maximum Gasteiger partial charge on any atom is 0.442 e. The van der Waals surface area contributed by atoms with E-state index in [1.165, 1.54) is 0 Å². The highest BCUT2D eigenvalue weighted by atomic mass is 19.4. The lowest BCUT2D eigenvalue weighted by atomic mass is 10.1. The van der Waals surface area contributed by atoms with Crippen molar-refractivity contribution in [2.24, 2.45) is 5.73 Å². The number of halogens is 3. The molecule has 0 aromatic carbocycles. The van der Waals surface area contributed by atoms with E-state index in [0.717, 1.165) is 0 Å². The zero-order valence-electron chi connectivity index (χ0n) is 6.95. The van der Waals surface area contributed by atoms with Gasteiger partial charge < -0.3 is 21.1 Å². The molecule has 14 heavy (non-hydrogen) atoms. The molecular formula is C6H10F3NO4. The van der Waals surface area contributed by atoms with Crippen molar-refractivity contribution < 1.29 is 33.3 Å². The first-order valence-corrected chi connectivity index (χ1v) is 3.58. The first kappa shape index (κ1) is 13.1. The van der Waals surface area contributed by atoms with Gasteiger partial charge in [-0.1, -0.05) is 0 Å². The van der Waals surface area contributed by atoms with E-state index in [1.807, 2.05) is 0 Å². The van der Waals surface area contributed by atoms with Crippen molar-refractivity contribution in [3.8, 4) is 0 Å². The average molecular weight is 217 g/mol. The van der Waals surface area contributed by atoms with Crippen LogP contribution in [0.25, 0.3) is 0 Å². The van der Waals surface area contributed by atoms with Crippen molar-refractivity contribution in [2.75, 3.05) is 0 Å². The average Bonchev–Trinajstić information content (AvgIpc) is 1.97. The Hall–Kier alpha value is -0.860. The summed E-state index contributed by atoms with van der Waals surface area (Å²) < 4.78 is 35.4. The van der Waals surface area contributed by atoms with Crippen LogP contribution in [0.4, 0.5) is 13.2 Å². The monoisotopic (exact) mass is 217 g/mol. The Kier molecular flexibility index (Phi) is 3.86. The number of carbonyl (C=O) groups is 1. The van der Waals surface area contributed by atoms with Gasteiger partial charge in [0.05, 0.1) is 0 Å². The molecule has 0 saturated carbocycles. The minimum atomic E-state index is -5.22. The van der Waals surface area contributed by atoms with Crippen LogP contribution in [-0.2, 0) is 4.79 Å². The third-order valence-electron chi connectivity index (χ3n) is 1.58. The SMILES string of the molecule is N[C@@H](CCC(O)(O)C(F)(F)F)C(=O)O. The Morgan fingerprint density at radius 3 is 2.07 bits per heavy atom. The number of hydrogen-bond acceptors (Lipinski definition) is 4. The molecular weight excluding hydrogens is 207 g/mol. The Labute approximate surface area is 76.9 Å². The van der Waals surface area contributed by atoms with Crippen LogP contribution in [0, 0.1) is 0 Å². The molecule has 0 spiro atoms. The lowest BCUT2D eigenvalue weighted by Crippen LogP contribution is -2.46. The number of alkyl halides is 3. The van der Waals surface area contributed by atoms with Gasteiger partial charge >= 0.3 is 12.1 Å². The highest BCUT2D eigenvalue weighted by Gasteiger charge is 2.52. The molecule has 5 N–H and O–H groups in total. The molecule has 0 rings (SSSR count). The summed E-state index contributed by atoms with van der Waals surface area (Å²) in [7, 11) is 0. The predicted molar refractivity (Wildman–Crippen MR) is 38.1 cm³/mol. The smallest absolute Gasteiger partial charge is 0.442 e. The minimum Gasteiger partial charge on any atom is -0.480 e. The molecule has 0 aliphatic heterocycles. The maximum absolute atomic E-state index is 11.8. The Bertz CT molecular complexity index is 216. The van der Waals surface area contributed by atoms with Crippen molar-refractivity contribution in [2.45, 2.75) is 30.8 Å². The molecule has 0 aromatic rings. The standard InChI is InChI=1S/C6H10F3NO4/c7-6(8,9)5(13,14)2-1-3(10)4(11)12/h3,13-14H,1-2,10H2,(H,11,12)/t3-/m0/s1. The van der Waals surface area contributed by atoms with Gasteiger partial charge in [0.1, 0.15) is 6.04 Å². The summed E-state index contributed by atoms with van der Waals surface area (Å²) in [5.41, 5.74) is 4.88. The summed E-state index contributed by atoms with van der Waals surface area (Å²) in [6.07, 6.45) is -7.07. The van der Waals surface area contributed by atoms with Crippen molar-refractivity contribution in [1.29, 1.82) is 0 Å². The fourth-order valence-electron chi connectivity index (χ4n) is 0.622. The van der Waals surface area contributed by atoms with Crippen LogP contribution in [-0.4, -0.2) is 39.3 Å². The molecule has 0 saturated heterocycles. The van der Waals surface area contributed by atoms with Crippen molar-refractivity contribution in [3.05, 3.63) is 0 Å². The van der Waals surface area contributed by atoms with Gasteiger partial charge in [0.25, 0.3) is 5.79 Å². The second-order valence-corrected chi connectivity index (χ2v) is 2.80. The highest BCUT2D eigenvalue weighted by Crippen LogP contribution is 2.31. The van der Waals surface area contributed by atoms with Crippen molar-refractivity contribution in [1.82, 2.24) is 0 Å². The summed E-state index contributed by atoms with van der Waals surface area (Å²) >= 11 is 0. The van der Waals surface area contributed by atoms with Gasteiger partial charge in [-0.2, -0.15) is 13.2 Å². The van der Waals surface area contributed by atoms with Crippen LogP contribution < -0.4 is 5.73 Å². The summed E-state index contributed by atoms with van der Waals surface area (Å²) in [6, 6.07) is -1.55. The van der Waals surface area contributed by atoms with Gasteiger partial charge in [-0.3, -0.25) is 4.79 Å². The lowest BCUT2D eigenvalue weighted by molar-refractivity contribution is -0.351. The molecule has 0 aromatic heterocycles. The van der Waals surface area contributed by atoms with Crippen LogP contribution in [0.15, 0.2) is 0 Å². The molecule has 0 fully saturated rings. The van der Waals surface area contributed by atoms with Gasteiger partial charge in [0, 0.05) is 6.42 Å². The molecule has 1 atom stereocenters. The fourth-order valence-corrected chi connectivity index (χ4v) is 0.622. The summed E-state index contributed by atoms with van der Waals surface area (Å²) in [5, 5.41) is 25.1. The van der Waals surface area contributed by atoms with E-state index >= 15 is 0 Å². The molecule has 5 nitrogen and oxygen atoms in total. The number of aliphatic carboxylic acids is 1. The van der Waals surface area contributed by atoms with E-state index in [0.29, 0.717) is 0 Å². The molecule has 0 aliphatic carbocycles. The fraction of sp³-hybridized carbons (Fsp3) is 0.833. The largest absolute Gasteiger partial charge is 0.480 e. The highest BCUT2D eigenvalue weighted by molar-refractivity contribution is 5.72. The Balaban J connectivity index is 4.20. The van der Waals surface area contributed by atoms with E-state index in [-0.39, 0.29) is 0 Å². The summed E-state index contributed by atoms with van der Waals surface area (Å²) in [6.45, 7) is 0. The van der Waals surface area contributed by atoms with Gasteiger partial charge in [0.15, 0.2) is 0 Å². The second kappa shape index (κ2) is 4.11.